The van der Waals surface area contributed by atoms with Crippen LogP contribution in [0.2, 0.25) is 0 Å². The maximum Gasteiger partial charge on any atom is 0.387 e. The minimum atomic E-state index is -2.99. The van der Waals surface area contributed by atoms with E-state index in [2.05, 4.69) is 14.8 Å². The first kappa shape index (κ1) is 22.5. The van der Waals surface area contributed by atoms with Crippen molar-refractivity contribution in [3.63, 3.8) is 0 Å². The number of aromatic nitrogens is 3. The lowest BCUT2D eigenvalue weighted by molar-refractivity contribution is -0.123. The van der Waals surface area contributed by atoms with Gasteiger partial charge >= 0.3 is 12.6 Å². The van der Waals surface area contributed by atoms with Crippen LogP contribution in [0.15, 0.2) is 48.7 Å². The van der Waals surface area contributed by atoms with Crippen molar-refractivity contribution in [1.82, 2.24) is 20.1 Å². The zero-order valence-corrected chi connectivity index (χ0v) is 17.0. The molecule has 0 saturated heterocycles. The first-order valence-corrected chi connectivity index (χ1v) is 9.29. The lowest BCUT2D eigenvalue weighted by Gasteiger charge is -2.08. The van der Waals surface area contributed by atoms with Gasteiger partial charge in [-0.25, -0.2) is 14.5 Å². The molecule has 0 aliphatic heterocycles. The number of amides is 2. The lowest BCUT2D eigenvalue weighted by atomic mass is 10.2. The third kappa shape index (κ3) is 5.72. The Labute approximate surface area is 181 Å². The molecule has 166 valence electrons. The van der Waals surface area contributed by atoms with E-state index in [0.717, 1.165) is 23.5 Å². The highest BCUT2D eigenvalue weighted by Crippen LogP contribution is 2.15. The molecule has 0 fully saturated rings. The molecule has 0 aliphatic rings. The fourth-order valence-corrected chi connectivity index (χ4v) is 2.73. The standard InChI is InChI=1S/C21H18F2N4O5/c1-12-9-13(2)27(26-12)17-8-5-15(10-24-17)20(30)31-11-18(28)25-19(29)14-3-6-16(7-4-14)32-21(22)23/h3-10,21H,11H2,1-2H3,(H,25,28,29). The third-order valence-electron chi connectivity index (χ3n) is 4.14. The number of esters is 1. The molecule has 0 radical (unpaired) electrons. The molecule has 0 bridgehead atoms. The number of nitrogens with zero attached hydrogens (tertiary/aromatic N) is 3. The minimum Gasteiger partial charge on any atom is -0.452 e. The van der Waals surface area contributed by atoms with Gasteiger partial charge < -0.3 is 9.47 Å². The van der Waals surface area contributed by atoms with Crippen LogP contribution in [-0.4, -0.2) is 45.8 Å². The second-order valence-corrected chi connectivity index (χ2v) is 6.60. The summed E-state index contributed by atoms with van der Waals surface area (Å²) in [6.45, 7) is 0.0318. The van der Waals surface area contributed by atoms with Crippen LogP contribution in [0.3, 0.4) is 0 Å². The van der Waals surface area contributed by atoms with E-state index in [4.69, 9.17) is 4.74 Å². The largest absolute Gasteiger partial charge is 0.452 e. The molecule has 3 aromatic rings. The van der Waals surface area contributed by atoms with Crippen molar-refractivity contribution in [2.24, 2.45) is 0 Å². The molecule has 0 spiro atoms. The molecule has 1 N–H and O–H groups in total. The summed E-state index contributed by atoms with van der Waals surface area (Å²) < 4.78 is 35.0. The molecule has 2 heterocycles. The first-order valence-electron chi connectivity index (χ1n) is 9.29. The van der Waals surface area contributed by atoms with E-state index in [1.165, 1.54) is 24.4 Å². The van der Waals surface area contributed by atoms with Gasteiger partial charge in [0.1, 0.15) is 5.75 Å². The average molecular weight is 444 g/mol. The SMILES string of the molecule is Cc1cc(C)n(-c2ccc(C(=O)OCC(=O)NC(=O)c3ccc(OC(F)F)cc3)cn2)n1. The zero-order chi connectivity index (χ0) is 23.3. The maximum absolute atomic E-state index is 12.1. The van der Waals surface area contributed by atoms with Crippen molar-refractivity contribution in [3.8, 4) is 11.6 Å². The van der Waals surface area contributed by atoms with Gasteiger partial charge in [-0.1, -0.05) is 0 Å². The number of pyridine rings is 1. The number of nitrogens with one attached hydrogen (secondary N) is 1. The van der Waals surface area contributed by atoms with Crippen molar-refractivity contribution >= 4 is 17.8 Å². The molecular formula is C21H18F2N4O5. The number of carbonyl (C=O) groups is 3. The highest BCUT2D eigenvalue weighted by atomic mass is 19.3. The summed E-state index contributed by atoms with van der Waals surface area (Å²) >= 11 is 0. The number of alkyl halides is 2. The number of ether oxygens (including phenoxy) is 2. The van der Waals surface area contributed by atoms with Crippen LogP contribution in [0.5, 0.6) is 5.75 Å². The molecular weight excluding hydrogens is 426 g/mol. The summed E-state index contributed by atoms with van der Waals surface area (Å²) in [6.07, 6.45) is 1.29. The summed E-state index contributed by atoms with van der Waals surface area (Å²) in [5.74, 6) is -2.06. The topological polar surface area (TPSA) is 112 Å². The Morgan fingerprint density at radius 1 is 1.06 bits per heavy atom. The maximum atomic E-state index is 12.1. The van der Waals surface area contributed by atoms with Crippen molar-refractivity contribution < 1.29 is 32.6 Å². The Balaban J connectivity index is 1.51. The van der Waals surface area contributed by atoms with Gasteiger partial charge in [0.2, 0.25) is 0 Å². The van der Waals surface area contributed by atoms with Gasteiger partial charge in [0.25, 0.3) is 11.8 Å². The van der Waals surface area contributed by atoms with Gasteiger partial charge in [-0.05, 0) is 56.3 Å². The monoisotopic (exact) mass is 444 g/mol. The number of aryl methyl sites for hydroxylation is 2. The first-order chi connectivity index (χ1) is 15.2. The second-order valence-electron chi connectivity index (χ2n) is 6.60. The molecule has 32 heavy (non-hydrogen) atoms. The van der Waals surface area contributed by atoms with Crippen LogP contribution in [0, 0.1) is 13.8 Å². The van der Waals surface area contributed by atoms with Gasteiger partial charge in [-0.15, -0.1) is 0 Å². The summed E-state index contributed by atoms with van der Waals surface area (Å²) in [5.41, 5.74) is 1.85. The highest BCUT2D eigenvalue weighted by molar-refractivity contribution is 6.05. The normalized spacial score (nSPS) is 10.7. The van der Waals surface area contributed by atoms with E-state index in [1.807, 2.05) is 25.2 Å². The Morgan fingerprint density at radius 3 is 2.31 bits per heavy atom. The van der Waals surface area contributed by atoms with Crippen LogP contribution >= 0.6 is 0 Å². The Bertz CT molecular complexity index is 1130. The van der Waals surface area contributed by atoms with E-state index in [0.29, 0.717) is 5.82 Å². The number of imide groups is 1. The van der Waals surface area contributed by atoms with Crippen molar-refractivity contribution in [3.05, 3.63) is 71.2 Å². The van der Waals surface area contributed by atoms with Crippen molar-refractivity contribution in [2.45, 2.75) is 20.5 Å². The average Bonchev–Trinajstić information content (AvgIpc) is 3.10. The van der Waals surface area contributed by atoms with E-state index in [1.54, 1.807) is 10.7 Å². The van der Waals surface area contributed by atoms with E-state index < -0.39 is 31.0 Å². The van der Waals surface area contributed by atoms with Gasteiger partial charge in [0, 0.05) is 17.5 Å². The molecule has 2 aromatic heterocycles. The molecule has 1 aromatic carbocycles. The molecule has 0 saturated carbocycles. The molecule has 0 atom stereocenters. The van der Waals surface area contributed by atoms with Crippen LogP contribution < -0.4 is 10.1 Å². The van der Waals surface area contributed by atoms with Gasteiger partial charge in [0.15, 0.2) is 12.4 Å². The van der Waals surface area contributed by atoms with Gasteiger partial charge in [-0.3, -0.25) is 14.9 Å². The highest BCUT2D eigenvalue weighted by Gasteiger charge is 2.15. The summed E-state index contributed by atoms with van der Waals surface area (Å²) in [5, 5.41) is 6.33. The summed E-state index contributed by atoms with van der Waals surface area (Å²) in [4.78, 5) is 40.2. The quantitative estimate of drug-likeness (QED) is 0.558. The molecule has 9 nitrogen and oxygen atoms in total. The fourth-order valence-electron chi connectivity index (χ4n) is 2.73. The van der Waals surface area contributed by atoms with E-state index in [9.17, 15) is 23.2 Å². The summed E-state index contributed by atoms with van der Waals surface area (Å²) in [7, 11) is 0. The molecule has 0 aliphatic carbocycles. The zero-order valence-electron chi connectivity index (χ0n) is 17.0. The predicted octanol–water partition coefficient (Wildman–Crippen LogP) is 2.60. The Kier molecular flexibility index (Phi) is 6.88. The Hall–Kier alpha value is -4.15. The molecule has 3 rings (SSSR count). The van der Waals surface area contributed by atoms with Crippen molar-refractivity contribution in [1.29, 1.82) is 0 Å². The fraction of sp³-hybridized carbons (Fsp3) is 0.190. The number of carbonyl (C=O) groups excluding carboxylic acids is 3. The molecule has 11 heteroatoms. The van der Waals surface area contributed by atoms with Gasteiger partial charge in [0.05, 0.1) is 11.3 Å². The number of hydrogen-bond acceptors (Lipinski definition) is 7. The van der Waals surface area contributed by atoms with E-state index in [-0.39, 0.29) is 16.9 Å². The van der Waals surface area contributed by atoms with E-state index >= 15 is 0 Å². The predicted molar refractivity (Wildman–Crippen MR) is 107 cm³/mol. The molecule has 0 unspecified atom stereocenters. The Morgan fingerprint density at radius 2 is 1.75 bits per heavy atom. The summed E-state index contributed by atoms with van der Waals surface area (Å²) in [6, 6.07) is 9.69. The van der Waals surface area contributed by atoms with Crippen LogP contribution in [0.1, 0.15) is 32.1 Å². The third-order valence-corrected chi connectivity index (χ3v) is 4.14. The van der Waals surface area contributed by atoms with Crippen LogP contribution in [0.25, 0.3) is 5.82 Å². The smallest absolute Gasteiger partial charge is 0.387 e. The van der Waals surface area contributed by atoms with Crippen molar-refractivity contribution in [2.75, 3.05) is 6.61 Å². The van der Waals surface area contributed by atoms with Crippen LogP contribution in [0.4, 0.5) is 8.78 Å². The lowest BCUT2D eigenvalue weighted by Crippen LogP contribution is -2.34. The van der Waals surface area contributed by atoms with Gasteiger partial charge in [-0.2, -0.15) is 13.9 Å². The number of halogens is 2. The number of hydrogen-bond donors (Lipinski definition) is 1. The number of rotatable bonds is 7. The second kappa shape index (κ2) is 9.77. The minimum absolute atomic E-state index is 0.0373. The molecule has 2 amide bonds. The number of benzene rings is 1. The van der Waals surface area contributed by atoms with Crippen LogP contribution in [-0.2, 0) is 9.53 Å².